The van der Waals surface area contributed by atoms with Gasteiger partial charge in [0.15, 0.2) is 0 Å². The summed E-state index contributed by atoms with van der Waals surface area (Å²) in [6.45, 7) is 1.06. The highest BCUT2D eigenvalue weighted by Gasteiger charge is 2.25. The fraction of sp³-hybridized carbons (Fsp3) is 0.143. The Kier molecular flexibility index (Phi) is 4.35. The maximum Gasteiger partial charge on any atom is 0.259 e. The number of hydrogen-bond acceptors (Lipinski definition) is 2. The van der Waals surface area contributed by atoms with Gasteiger partial charge in [0.1, 0.15) is 0 Å². The third-order valence-electron chi connectivity index (χ3n) is 4.63. The molecule has 0 aliphatic carbocycles. The van der Waals surface area contributed by atoms with Gasteiger partial charge in [-0.25, -0.2) is 0 Å². The summed E-state index contributed by atoms with van der Waals surface area (Å²) in [4.78, 5) is 26.9. The minimum absolute atomic E-state index is 0.0835. The lowest BCUT2D eigenvalue weighted by molar-refractivity contribution is 0.0988. The Hall–Kier alpha value is -2.85. The average molecular weight is 365 g/mol. The second-order valence-electron chi connectivity index (χ2n) is 6.35. The topological polar surface area (TPSA) is 42.3 Å². The largest absolute Gasteiger partial charge is 0.310 e. The number of aromatic nitrogens is 1. The number of carbonyl (C=O) groups excluding carboxylic acids is 1. The lowest BCUT2D eigenvalue weighted by Gasteiger charge is -2.18. The molecule has 0 bridgehead atoms. The predicted octanol–water partition coefficient (Wildman–Crippen LogP) is 3.75. The zero-order valence-electron chi connectivity index (χ0n) is 14.1. The molecule has 1 aliphatic heterocycles. The number of amides is 1. The van der Waals surface area contributed by atoms with Crippen molar-refractivity contribution in [1.29, 1.82) is 0 Å². The van der Waals surface area contributed by atoms with E-state index in [4.69, 9.17) is 11.6 Å². The molecule has 0 unspecified atom stereocenters. The van der Waals surface area contributed by atoms with Gasteiger partial charge in [-0.3, -0.25) is 9.59 Å². The molecule has 0 N–H and O–H groups in total. The van der Waals surface area contributed by atoms with E-state index in [1.165, 1.54) is 11.6 Å². The van der Waals surface area contributed by atoms with Gasteiger partial charge in [0.25, 0.3) is 11.5 Å². The first kappa shape index (κ1) is 16.6. The lowest BCUT2D eigenvalue weighted by Crippen LogP contribution is -2.30. The minimum atomic E-state index is -0.140. The van der Waals surface area contributed by atoms with Gasteiger partial charge in [-0.15, -0.1) is 0 Å². The smallest absolute Gasteiger partial charge is 0.259 e. The van der Waals surface area contributed by atoms with Gasteiger partial charge in [0.2, 0.25) is 0 Å². The maximum absolute atomic E-state index is 13.0. The van der Waals surface area contributed by atoms with Gasteiger partial charge in [0.05, 0.1) is 12.1 Å². The van der Waals surface area contributed by atoms with Crippen LogP contribution in [-0.4, -0.2) is 17.0 Å². The monoisotopic (exact) mass is 364 g/mol. The molecule has 2 heterocycles. The van der Waals surface area contributed by atoms with Gasteiger partial charge in [-0.05, 0) is 41.8 Å². The van der Waals surface area contributed by atoms with E-state index in [1.807, 2.05) is 36.4 Å². The molecule has 0 spiro atoms. The number of benzene rings is 2. The molecule has 26 heavy (non-hydrogen) atoms. The fourth-order valence-electron chi connectivity index (χ4n) is 3.27. The highest BCUT2D eigenvalue weighted by molar-refractivity contribution is 6.30. The van der Waals surface area contributed by atoms with Crippen LogP contribution in [0.2, 0.25) is 5.02 Å². The van der Waals surface area contributed by atoms with E-state index in [0.29, 0.717) is 23.7 Å². The summed E-state index contributed by atoms with van der Waals surface area (Å²) in [5.74, 6) is -0.0835. The number of halogens is 1. The van der Waals surface area contributed by atoms with Crippen molar-refractivity contribution in [2.24, 2.45) is 0 Å². The first-order valence-corrected chi connectivity index (χ1v) is 8.84. The quantitative estimate of drug-likeness (QED) is 0.710. The van der Waals surface area contributed by atoms with Crippen LogP contribution in [0.4, 0.5) is 5.69 Å². The standard InChI is InChI=1S/C21H17ClN2O2/c22-18-8-5-15(6-9-18)13-23-14-17(7-10-20(23)25)21(26)24-12-11-16-3-1-2-4-19(16)24/h1-10,14H,11-13H2. The molecule has 130 valence electrons. The molecule has 0 atom stereocenters. The number of para-hydroxylation sites is 1. The number of carbonyl (C=O) groups is 1. The molecule has 1 amide bonds. The number of fused-ring (bicyclic) bond motifs is 1. The van der Waals surface area contributed by atoms with Crippen LogP contribution in [0.5, 0.6) is 0 Å². The maximum atomic E-state index is 13.0. The Morgan fingerprint density at radius 2 is 1.77 bits per heavy atom. The van der Waals surface area contributed by atoms with E-state index in [1.54, 1.807) is 33.9 Å². The van der Waals surface area contributed by atoms with Crippen LogP contribution in [0.1, 0.15) is 21.5 Å². The zero-order chi connectivity index (χ0) is 18.1. The molecule has 3 aromatic rings. The minimum Gasteiger partial charge on any atom is -0.310 e. The summed E-state index contributed by atoms with van der Waals surface area (Å²) in [5, 5.41) is 0.651. The van der Waals surface area contributed by atoms with E-state index >= 15 is 0 Å². The molecule has 0 fully saturated rings. The van der Waals surface area contributed by atoms with Crippen molar-refractivity contribution in [3.63, 3.8) is 0 Å². The van der Waals surface area contributed by atoms with Crippen LogP contribution in [-0.2, 0) is 13.0 Å². The molecule has 0 radical (unpaired) electrons. The van der Waals surface area contributed by atoms with Crippen molar-refractivity contribution in [2.75, 3.05) is 11.4 Å². The summed E-state index contributed by atoms with van der Waals surface area (Å²) in [6, 6.07) is 18.3. The van der Waals surface area contributed by atoms with Crippen LogP contribution in [0, 0.1) is 0 Å². The van der Waals surface area contributed by atoms with Gasteiger partial charge in [-0.1, -0.05) is 41.9 Å². The Balaban J connectivity index is 1.63. The fourth-order valence-corrected chi connectivity index (χ4v) is 3.40. The van der Waals surface area contributed by atoms with Crippen molar-refractivity contribution in [3.8, 4) is 0 Å². The SMILES string of the molecule is O=C(c1ccc(=O)n(Cc2ccc(Cl)cc2)c1)N1CCc2ccccc21. The Morgan fingerprint density at radius 3 is 2.58 bits per heavy atom. The molecule has 1 aromatic heterocycles. The third kappa shape index (κ3) is 3.16. The molecule has 0 saturated carbocycles. The normalized spacial score (nSPS) is 12.9. The first-order valence-electron chi connectivity index (χ1n) is 8.46. The zero-order valence-corrected chi connectivity index (χ0v) is 14.8. The highest BCUT2D eigenvalue weighted by Crippen LogP contribution is 2.28. The van der Waals surface area contributed by atoms with Gasteiger partial charge in [-0.2, -0.15) is 0 Å². The summed E-state index contributed by atoms with van der Waals surface area (Å²) in [7, 11) is 0. The van der Waals surface area contributed by atoms with Crippen LogP contribution >= 0.6 is 11.6 Å². The molecular formula is C21H17ClN2O2. The second kappa shape index (κ2) is 6.81. The molecule has 1 aliphatic rings. The Bertz CT molecular complexity index is 1020. The molecule has 4 rings (SSSR count). The van der Waals surface area contributed by atoms with Crippen LogP contribution < -0.4 is 10.5 Å². The van der Waals surface area contributed by atoms with E-state index < -0.39 is 0 Å². The summed E-state index contributed by atoms with van der Waals surface area (Å²) in [5.41, 5.74) is 3.45. The van der Waals surface area contributed by atoms with Crippen molar-refractivity contribution in [2.45, 2.75) is 13.0 Å². The average Bonchev–Trinajstić information content (AvgIpc) is 3.09. The van der Waals surface area contributed by atoms with E-state index in [0.717, 1.165) is 17.7 Å². The van der Waals surface area contributed by atoms with Crippen molar-refractivity contribution >= 4 is 23.2 Å². The van der Waals surface area contributed by atoms with Gasteiger partial charge >= 0.3 is 0 Å². The summed E-state index contributed by atoms with van der Waals surface area (Å²) in [6.07, 6.45) is 2.49. The molecule has 5 heteroatoms. The first-order chi connectivity index (χ1) is 12.6. The number of nitrogens with zero attached hydrogens (tertiary/aromatic N) is 2. The third-order valence-corrected chi connectivity index (χ3v) is 4.88. The Labute approximate surface area is 156 Å². The van der Waals surface area contributed by atoms with Crippen molar-refractivity contribution in [1.82, 2.24) is 4.57 Å². The lowest BCUT2D eigenvalue weighted by atomic mass is 10.1. The van der Waals surface area contributed by atoms with Gasteiger partial charge in [0, 0.05) is 29.5 Å². The number of anilines is 1. The number of hydrogen-bond donors (Lipinski definition) is 0. The molecule has 4 nitrogen and oxygen atoms in total. The van der Waals surface area contributed by atoms with Crippen molar-refractivity contribution < 1.29 is 4.79 Å². The van der Waals surface area contributed by atoms with Crippen molar-refractivity contribution in [3.05, 3.63) is 98.9 Å². The van der Waals surface area contributed by atoms with Crippen LogP contribution in [0.25, 0.3) is 0 Å². The van der Waals surface area contributed by atoms with Crippen LogP contribution in [0.15, 0.2) is 71.7 Å². The molecular weight excluding hydrogens is 348 g/mol. The second-order valence-corrected chi connectivity index (χ2v) is 6.78. The Morgan fingerprint density at radius 1 is 1.00 bits per heavy atom. The van der Waals surface area contributed by atoms with E-state index in [-0.39, 0.29) is 11.5 Å². The van der Waals surface area contributed by atoms with E-state index in [9.17, 15) is 9.59 Å². The summed E-state index contributed by atoms with van der Waals surface area (Å²) < 4.78 is 1.55. The van der Waals surface area contributed by atoms with Crippen LogP contribution in [0.3, 0.4) is 0 Å². The van der Waals surface area contributed by atoms with E-state index in [2.05, 4.69) is 0 Å². The molecule has 0 saturated heterocycles. The predicted molar refractivity (Wildman–Crippen MR) is 103 cm³/mol. The molecule has 2 aromatic carbocycles. The highest BCUT2D eigenvalue weighted by atomic mass is 35.5. The van der Waals surface area contributed by atoms with Gasteiger partial charge < -0.3 is 9.47 Å². The summed E-state index contributed by atoms with van der Waals surface area (Å²) >= 11 is 5.91. The number of rotatable bonds is 3. The number of pyridine rings is 1.